The normalized spacial score (nSPS) is 20.3. The van der Waals surface area contributed by atoms with E-state index in [0.717, 1.165) is 31.6 Å². The lowest BCUT2D eigenvalue weighted by Gasteiger charge is -2.17. The summed E-state index contributed by atoms with van der Waals surface area (Å²) in [5, 5.41) is 9.76. The molecule has 1 aromatic rings. The van der Waals surface area contributed by atoms with Gasteiger partial charge in [0.05, 0.1) is 17.7 Å². The molecule has 4 nitrogen and oxygen atoms in total. The fraction of sp³-hybridized carbons (Fsp3) is 0.538. The summed E-state index contributed by atoms with van der Waals surface area (Å²) >= 11 is 3.34. The van der Waals surface area contributed by atoms with Gasteiger partial charge in [0.1, 0.15) is 0 Å². The topological polar surface area (TPSA) is 41.9 Å². The molecule has 0 radical (unpaired) electrons. The molecule has 5 heteroatoms. The third-order valence-corrected chi connectivity index (χ3v) is 3.88. The van der Waals surface area contributed by atoms with Gasteiger partial charge in [-0.2, -0.15) is 0 Å². The fourth-order valence-corrected chi connectivity index (χ4v) is 2.75. The van der Waals surface area contributed by atoms with Crippen LogP contribution in [-0.2, 0) is 11.3 Å². The molecule has 100 valence electrons. The molecule has 1 atom stereocenters. The number of methoxy groups -OCH3 is 2. The number of rotatable bonds is 4. The van der Waals surface area contributed by atoms with E-state index in [2.05, 4.69) is 20.8 Å². The van der Waals surface area contributed by atoms with E-state index in [1.165, 1.54) is 0 Å². The Morgan fingerprint density at radius 1 is 1.44 bits per heavy atom. The van der Waals surface area contributed by atoms with Crippen molar-refractivity contribution >= 4 is 15.9 Å². The summed E-state index contributed by atoms with van der Waals surface area (Å²) in [6, 6.07) is 3.80. The number of hydrogen-bond donors (Lipinski definition) is 1. The smallest absolute Gasteiger partial charge is 0.172 e. The number of phenolic OH excluding ortho intramolecular Hbond substituents is 1. The Kier molecular flexibility index (Phi) is 4.48. The third-order valence-electron chi connectivity index (χ3n) is 3.28. The maximum Gasteiger partial charge on any atom is 0.172 e. The molecule has 1 aliphatic rings. The predicted molar refractivity (Wildman–Crippen MR) is 73.0 cm³/mol. The van der Waals surface area contributed by atoms with Crippen molar-refractivity contribution in [3.05, 3.63) is 22.2 Å². The summed E-state index contributed by atoms with van der Waals surface area (Å²) in [6.07, 6.45) is 1.42. The summed E-state index contributed by atoms with van der Waals surface area (Å²) < 4.78 is 11.2. The molecule has 0 spiro atoms. The summed E-state index contributed by atoms with van der Waals surface area (Å²) in [6.45, 7) is 2.84. The van der Waals surface area contributed by atoms with Gasteiger partial charge in [-0.15, -0.1) is 0 Å². The van der Waals surface area contributed by atoms with Crippen LogP contribution < -0.4 is 4.74 Å². The minimum atomic E-state index is 0.150. The molecule has 1 N–H and O–H groups in total. The molecule has 1 fully saturated rings. The van der Waals surface area contributed by atoms with Crippen molar-refractivity contribution in [3.63, 3.8) is 0 Å². The zero-order valence-corrected chi connectivity index (χ0v) is 12.2. The molecular weight excluding hydrogens is 298 g/mol. The van der Waals surface area contributed by atoms with Crippen LogP contribution in [0.3, 0.4) is 0 Å². The van der Waals surface area contributed by atoms with Crippen LogP contribution in [0, 0.1) is 0 Å². The molecule has 1 unspecified atom stereocenters. The van der Waals surface area contributed by atoms with Crippen LogP contribution in [0.4, 0.5) is 0 Å². The monoisotopic (exact) mass is 315 g/mol. The molecule has 18 heavy (non-hydrogen) atoms. The highest BCUT2D eigenvalue weighted by Crippen LogP contribution is 2.35. The van der Waals surface area contributed by atoms with E-state index < -0.39 is 0 Å². The highest BCUT2D eigenvalue weighted by molar-refractivity contribution is 9.10. The van der Waals surface area contributed by atoms with Crippen LogP contribution in [0.2, 0.25) is 0 Å². The van der Waals surface area contributed by atoms with E-state index in [0.29, 0.717) is 16.3 Å². The average molecular weight is 316 g/mol. The molecule has 1 aliphatic heterocycles. The number of aromatic hydroxyl groups is 1. The molecule has 0 amide bonds. The minimum Gasteiger partial charge on any atom is -0.503 e. The van der Waals surface area contributed by atoms with Gasteiger partial charge in [-0.3, -0.25) is 4.90 Å². The van der Waals surface area contributed by atoms with E-state index in [9.17, 15) is 5.11 Å². The second kappa shape index (κ2) is 5.91. The lowest BCUT2D eigenvalue weighted by atomic mass is 10.2. The maximum absolute atomic E-state index is 9.76. The molecular formula is C13H18BrNO3. The molecule has 2 rings (SSSR count). The maximum atomic E-state index is 9.76. The number of ether oxygens (including phenoxy) is 2. The molecule has 1 saturated heterocycles. The first-order valence-electron chi connectivity index (χ1n) is 5.94. The van der Waals surface area contributed by atoms with Crippen molar-refractivity contribution in [3.8, 4) is 11.5 Å². The summed E-state index contributed by atoms with van der Waals surface area (Å²) in [7, 11) is 3.32. The molecule has 0 aliphatic carbocycles. The summed E-state index contributed by atoms with van der Waals surface area (Å²) in [5.41, 5.74) is 1.12. The van der Waals surface area contributed by atoms with Gasteiger partial charge in [-0.05, 0) is 40.0 Å². The number of likely N-dealkylation sites (tertiary alicyclic amines) is 1. The standard InChI is InChI=1S/C13H18BrNO3/c1-17-10-3-4-15(8-10)7-9-5-11(14)13(16)12(6-9)18-2/h5-6,10,16H,3-4,7-8H2,1-2H3. The molecule has 1 aromatic carbocycles. The first kappa shape index (κ1) is 13.6. The first-order valence-corrected chi connectivity index (χ1v) is 6.74. The Morgan fingerprint density at radius 3 is 2.83 bits per heavy atom. The SMILES string of the molecule is COc1cc(CN2CCC(OC)C2)cc(Br)c1O. The number of benzene rings is 1. The van der Waals surface area contributed by atoms with Gasteiger partial charge in [0, 0.05) is 26.7 Å². The van der Waals surface area contributed by atoms with E-state index in [-0.39, 0.29) is 5.75 Å². The van der Waals surface area contributed by atoms with Crippen molar-refractivity contribution < 1.29 is 14.6 Å². The summed E-state index contributed by atoms with van der Waals surface area (Å²) in [4.78, 5) is 2.34. The Morgan fingerprint density at radius 2 is 2.22 bits per heavy atom. The van der Waals surface area contributed by atoms with Crippen molar-refractivity contribution in [2.45, 2.75) is 19.1 Å². The predicted octanol–water partition coefficient (Wildman–Crippen LogP) is 2.38. The largest absolute Gasteiger partial charge is 0.503 e. The first-order chi connectivity index (χ1) is 8.63. The van der Waals surface area contributed by atoms with Crippen molar-refractivity contribution in [1.29, 1.82) is 0 Å². The van der Waals surface area contributed by atoms with Gasteiger partial charge < -0.3 is 14.6 Å². The van der Waals surface area contributed by atoms with Gasteiger partial charge in [0.15, 0.2) is 11.5 Å². The van der Waals surface area contributed by atoms with E-state index in [1.807, 2.05) is 12.1 Å². The highest BCUT2D eigenvalue weighted by atomic mass is 79.9. The number of nitrogens with zero attached hydrogens (tertiary/aromatic N) is 1. The van der Waals surface area contributed by atoms with E-state index in [1.54, 1.807) is 14.2 Å². The van der Waals surface area contributed by atoms with Gasteiger partial charge in [-0.25, -0.2) is 0 Å². The zero-order valence-electron chi connectivity index (χ0n) is 10.6. The molecule has 0 aromatic heterocycles. The molecule has 0 bridgehead atoms. The Labute approximate surface area is 116 Å². The number of hydrogen-bond acceptors (Lipinski definition) is 4. The molecule has 1 heterocycles. The van der Waals surface area contributed by atoms with Gasteiger partial charge in [0.25, 0.3) is 0 Å². The highest BCUT2D eigenvalue weighted by Gasteiger charge is 2.22. The average Bonchev–Trinajstić information content (AvgIpc) is 2.81. The molecule has 0 saturated carbocycles. The van der Waals surface area contributed by atoms with Gasteiger partial charge >= 0.3 is 0 Å². The van der Waals surface area contributed by atoms with Crippen molar-refractivity contribution in [2.24, 2.45) is 0 Å². The Hall–Kier alpha value is -0.780. The lowest BCUT2D eigenvalue weighted by molar-refractivity contribution is 0.107. The quantitative estimate of drug-likeness (QED) is 0.926. The van der Waals surface area contributed by atoms with Crippen molar-refractivity contribution in [2.75, 3.05) is 27.3 Å². The van der Waals surface area contributed by atoms with E-state index >= 15 is 0 Å². The number of halogens is 1. The van der Waals surface area contributed by atoms with Crippen LogP contribution in [0.1, 0.15) is 12.0 Å². The van der Waals surface area contributed by atoms with E-state index in [4.69, 9.17) is 9.47 Å². The minimum absolute atomic E-state index is 0.150. The van der Waals surface area contributed by atoms with Crippen LogP contribution in [0.25, 0.3) is 0 Å². The zero-order chi connectivity index (χ0) is 13.1. The Balaban J connectivity index is 2.08. The lowest BCUT2D eigenvalue weighted by Crippen LogP contribution is -2.22. The second-order valence-electron chi connectivity index (χ2n) is 4.51. The second-order valence-corrected chi connectivity index (χ2v) is 5.36. The van der Waals surface area contributed by atoms with Crippen LogP contribution in [-0.4, -0.2) is 43.4 Å². The summed E-state index contributed by atoms with van der Waals surface area (Å²) in [5.74, 6) is 0.652. The number of phenols is 1. The third kappa shape index (κ3) is 2.96. The van der Waals surface area contributed by atoms with Gasteiger partial charge in [-0.1, -0.05) is 0 Å². The van der Waals surface area contributed by atoms with Crippen LogP contribution in [0.15, 0.2) is 16.6 Å². The van der Waals surface area contributed by atoms with Crippen molar-refractivity contribution in [1.82, 2.24) is 4.90 Å². The van der Waals surface area contributed by atoms with Gasteiger partial charge in [0.2, 0.25) is 0 Å². The fourth-order valence-electron chi connectivity index (χ4n) is 2.27. The van der Waals surface area contributed by atoms with Crippen LogP contribution in [0.5, 0.6) is 11.5 Å². The Bertz CT molecular complexity index is 425. The van der Waals surface area contributed by atoms with Crippen LogP contribution >= 0.6 is 15.9 Å².